The van der Waals surface area contributed by atoms with E-state index in [1.807, 2.05) is 0 Å². The standard InChI is InChI=1S/C33H27ClF5N5O4S/c1-32(2,49(3,46)47)11-10-24-20-6-4-5-7-21(20)26(22-8-9-23(34)27-29(22)44(43-30(27)40)16-33(37,38)39)28(42-24)25(48-31(41)45)14-17-12-18(35)15-19(36)13-17/h4-9,12-13,15,25H,14,16H2,1-3H3,(H2,40,43)(H2,41,45)/t25-/m0/s1. The first-order valence-corrected chi connectivity index (χ1v) is 16.6. The summed E-state index contributed by atoms with van der Waals surface area (Å²) in [4.78, 5) is 17.0. The summed E-state index contributed by atoms with van der Waals surface area (Å²) in [5.41, 5.74) is 11.4. The highest BCUT2D eigenvalue weighted by molar-refractivity contribution is 7.92. The summed E-state index contributed by atoms with van der Waals surface area (Å²) in [7, 11) is -3.70. The van der Waals surface area contributed by atoms with Crippen molar-refractivity contribution in [3.63, 3.8) is 0 Å². The Morgan fingerprint density at radius 2 is 1.69 bits per heavy atom. The Balaban J connectivity index is 1.94. The molecular weight excluding hydrogens is 693 g/mol. The maximum absolute atomic E-state index is 14.3. The van der Waals surface area contributed by atoms with Crippen LogP contribution in [0.5, 0.6) is 0 Å². The highest BCUT2D eigenvalue weighted by atomic mass is 35.5. The van der Waals surface area contributed by atoms with E-state index in [1.54, 1.807) is 24.3 Å². The van der Waals surface area contributed by atoms with Crippen LogP contribution in [-0.4, -0.2) is 46.5 Å². The number of nitrogens with zero attached hydrogens (tertiary/aromatic N) is 3. The monoisotopic (exact) mass is 719 g/mol. The summed E-state index contributed by atoms with van der Waals surface area (Å²) in [6.45, 7) is 1.23. The topological polar surface area (TPSA) is 143 Å². The number of fused-ring (bicyclic) bond motifs is 2. The first-order chi connectivity index (χ1) is 22.8. The minimum Gasteiger partial charge on any atom is -0.439 e. The van der Waals surface area contributed by atoms with E-state index < -0.39 is 57.6 Å². The maximum Gasteiger partial charge on any atom is 0.408 e. The zero-order chi connectivity index (χ0) is 36.1. The van der Waals surface area contributed by atoms with Crippen LogP contribution in [0.2, 0.25) is 5.02 Å². The van der Waals surface area contributed by atoms with Crippen molar-refractivity contribution in [3.8, 4) is 23.0 Å². The molecule has 2 aromatic heterocycles. The number of halogens is 6. The number of primary amides is 1. The van der Waals surface area contributed by atoms with Gasteiger partial charge in [-0.3, -0.25) is 4.68 Å². The van der Waals surface area contributed by atoms with Crippen molar-refractivity contribution >= 4 is 55.0 Å². The van der Waals surface area contributed by atoms with Gasteiger partial charge in [-0.25, -0.2) is 27.0 Å². The molecule has 2 heterocycles. The summed E-state index contributed by atoms with van der Waals surface area (Å²) >= 11 is 6.42. The molecule has 1 atom stereocenters. The summed E-state index contributed by atoms with van der Waals surface area (Å²) in [5.74, 6) is 3.35. The molecule has 5 aromatic rings. The van der Waals surface area contributed by atoms with Crippen LogP contribution in [0.25, 0.3) is 32.8 Å². The third-order valence-electron chi connectivity index (χ3n) is 7.72. The van der Waals surface area contributed by atoms with Gasteiger partial charge in [0, 0.05) is 35.3 Å². The van der Waals surface area contributed by atoms with Crippen LogP contribution < -0.4 is 11.5 Å². The number of carbonyl (C=O) groups excluding carboxylic acids is 1. The van der Waals surface area contributed by atoms with Gasteiger partial charge in [0.1, 0.15) is 28.6 Å². The minimum atomic E-state index is -4.74. The molecule has 256 valence electrons. The predicted octanol–water partition coefficient (Wildman–Crippen LogP) is 6.88. The van der Waals surface area contributed by atoms with Gasteiger partial charge >= 0.3 is 12.3 Å². The number of amides is 1. The highest BCUT2D eigenvalue weighted by Crippen LogP contribution is 2.44. The van der Waals surface area contributed by atoms with Crippen molar-refractivity contribution in [2.75, 3.05) is 12.0 Å². The minimum absolute atomic E-state index is 0.00286. The lowest BCUT2D eigenvalue weighted by atomic mass is 9.90. The quantitative estimate of drug-likeness (QED) is 0.138. The van der Waals surface area contributed by atoms with E-state index >= 15 is 0 Å². The van der Waals surface area contributed by atoms with Gasteiger partial charge in [0.2, 0.25) is 0 Å². The molecule has 0 saturated heterocycles. The molecule has 9 nitrogen and oxygen atoms in total. The number of aromatic nitrogens is 3. The average molecular weight is 720 g/mol. The Morgan fingerprint density at radius 1 is 1.06 bits per heavy atom. The highest BCUT2D eigenvalue weighted by Gasteiger charge is 2.33. The maximum atomic E-state index is 14.3. The van der Waals surface area contributed by atoms with E-state index in [9.17, 15) is 35.2 Å². The molecule has 3 aromatic carbocycles. The number of carbonyl (C=O) groups is 1. The second kappa shape index (κ2) is 12.8. The second-order valence-corrected chi connectivity index (χ2v) is 14.7. The molecule has 1 amide bonds. The third-order valence-corrected chi connectivity index (χ3v) is 9.99. The number of pyridine rings is 1. The number of nitrogens with two attached hydrogens (primary N) is 2. The Hall–Kier alpha value is -4.94. The molecular formula is C33H27ClF5N5O4S. The normalized spacial score (nSPS) is 12.9. The molecule has 49 heavy (non-hydrogen) atoms. The summed E-state index contributed by atoms with van der Waals surface area (Å²) in [6.07, 6.45) is -6.94. The number of ether oxygens (including phenoxy) is 1. The van der Waals surface area contributed by atoms with Gasteiger partial charge < -0.3 is 16.2 Å². The smallest absolute Gasteiger partial charge is 0.408 e. The van der Waals surface area contributed by atoms with Crippen LogP contribution in [-0.2, 0) is 27.5 Å². The van der Waals surface area contributed by atoms with Crippen molar-refractivity contribution in [2.24, 2.45) is 5.73 Å². The van der Waals surface area contributed by atoms with Gasteiger partial charge in [0.15, 0.2) is 21.8 Å². The fourth-order valence-corrected chi connectivity index (χ4v) is 5.75. The third kappa shape index (κ3) is 7.40. The fourth-order valence-electron chi connectivity index (χ4n) is 5.27. The molecule has 0 fully saturated rings. The summed E-state index contributed by atoms with van der Waals surface area (Å²) in [6, 6.07) is 11.9. The number of rotatable bonds is 7. The van der Waals surface area contributed by atoms with E-state index in [2.05, 4.69) is 16.9 Å². The van der Waals surface area contributed by atoms with E-state index in [0.29, 0.717) is 21.5 Å². The van der Waals surface area contributed by atoms with E-state index in [1.165, 1.54) is 26.0 Å². The van der Waals surface area contributed by atoms with Crippen LogP contribution in [0, 0.1) is 23.5 Å². The molecule has 0 radical (unpaired) electrons. The lowest BCUT2D eigenvalue weighted by Gasteiger charge is -2.23. The van der Waals surface area contributed by atoms with E-state index in [-0.39, 0.29) is 49.8 Å². The number of hydrogen-bond acceptors (Lipinski definition) is 7. The number of anilines is 1. The fraction of sp³-hybridized carbons (Fsp3) is 0.242. The van der Waals surface area contributed by atoms with Crippen molar-refractivity contribution in [3.05, 3.63) is 88.2 Å². The van der Waals surface area contributed by atoms with Gasteiger partial charge in [-0.05, 0) is 48.9 Å². The van der Waals surface area contributed by atoms with Crippen molar-refractivity contribution in [1.29, 1.82) is 0 Å². The Bertz CT molecular complexity index is 2290. The molecule has 16 heteroatoms. The Labute approximate surface area is 281 Å². The second-order valence-electron chi connectivity index (χ2n) is 11.7. The Morgan fingerprint density at radius 3 is 2.29 bits per heavy atom. The van der Waals surface area contributed by atoms with Crippen LogP contribution in [0.3, 0.4) is 0 Å². The molecule has 5 rings (SSSR count). The predicted molar refractivity (Wildman–Crippen MR) is 175 cm³/mol. The number of hydrogen-bond donors (Lipinski definition) is 2. The zero-order valence-corrected chi connectivity index (χ0v) is 27.6. The molecule has 0 aliphatic carbocycles. The van der Waals surface area contributed by atoms with Gasteiger partial charge in [-0.15, -0.1) is 0 Å². The van der Waals surface area contributed by atoms with Crippen molar-refractivity contribution in [2.45, 2.75) is 43.8 Å². The number of nitrogen functional groups attached to an aromatic ring is 1. The van der Waals surface area contributed by atoms with Gasteiger partial charge in [-0.1, -0.05) is 47.9 Å². The number of sulfone groups is 1. The summed E-state index contributed by atoms with van der Waals surface area (Å²) < 4.78 is 99.4. The van der Waals surface area contributed by atoms with Gasteiger partial charge in [0.25, 0.3) is 0 Å². The largest absolute Gasteiger partial charge is 0.439 e. The first-order valence-electron chi connectivity index (χ1n) is 14.3. The molecule has 0 bridgehead atoms. The van der Waals surface area contributed by atoms with E-state index in [4.69, 9.17) is 32.8 Å². The molecule has 0 saturated carbocycles. The van der Waals surface area contributed by atoms with Crippen LogP contribution >= 0.6 is 11.6 Å². The lowest BCUT2D eigenvalue weighted by Crippen LogP contribution is -2.28. The van der Waals surface area contributed by atoms with Crippen LogP contribution in [0.15, 0.2) is 54.6 Å². The molecule has 0 aliphatic heterocycles. The first kappa shape index (κ1) is 35.4. The molecule has 0 spiro atoms. The number of benzene rings is 3. The van der Waals surface area contributed by atoms with Gasteiger partial charge in [0.05, 0.1) is 21.6 Å². The number of alkyl halides is 3. The average Bonchev–Trinajstić information content (AvgIpc) is 3.29. The molecule has 0 unspecified atom stereocenters. The van der Waals surface area contributed by atoms with Crippen LogP contribution in [0.4, 0.5) is 32.6 Å². The Kier molecular flexibility index (Phi) is 9.26. The molecule has 0 aliphatic rings. The SMILES string of the molecule is CC(C)(C#Cc1nc([C@H](Cc2cc(F)cc(F)c2)OC(N)=O)c(-c2ccc(Cl)c3c(N)nn(CC(F)(F)F)c23)c2ccccc12)S(C)(=O)=O. The van der Waals surface area contributed by atoms with E-state index in [0.717, 1.165) is 18.4 Å². The van der Waals surface area contributed by atoms with Gasteiger partial charge in [-0.2, -0.15) is 18.3 Å². The molecule has 4 N–H and O–H groups in total. The summed E-state index contributed by atoms with van der Waals surface area (Å²) in [5, 5.41) is 4.56. The zero-order valence-electron chi connectivity index (χ0n) is 26.0. The van der Waals surface area contributed by atoms with Crippen LogP contribution in [0.1, 0.15) is 36.9 Å². The van der Waals surface area contributed by atoms with Crippen molar-refractivity contribution < 1.29 is 39.9 Å². The lowest BCUT2D eigenvalue weighted by molar-refractivity contribution is -0.141. The van der Waals surface area contributed by atoms with Crippen molar-refractivity contribution in [1.82, 2.24) is 14.8 Å².